The van der Waals surface area contributed by atoms with Crippen molar-refractivity contribution < 1.29 is 14.8 Å². The van der Waals surface area contributed by atoms with Crippen LogP contribution in [0.25, 0.3) is 5.69 Å². The quantitative estimate of drug-likeness (QED) is 0.683. The maximum atomic E-state index is 11.0. The summed E-state index contributed by atoms with van der Waals surface area (Å²) >= 11 is 0. The topological polar surface area (TPSA) is 98.3 Å². The van der Waals surface area contributed by atoms with Crippen LogP contribution in [0.2, 0.25) is 0 Å². The smallest absolute Gasteiger partial charge is 0.356 e. The largest absolute Gasteiger partial charge is 0.476 e. The maximum absolute atomic E-state index is 11.0. The van der Waals surface area contributed by atoms with Gasteiger partial charge in [0.05, 0.1) is 10.6 Å². The van der Waals surface area contributed by atoms with Gasteiger partial charge < -0.3 is 5.11 Å². The average molecular weight is 275 g/mol. The molecule has 104 valence electrons. The van der Waals surface area contributed by atoms with Crippen LogP contribution < -0.4 is 0 Å². The number of carbonyl (C=O) groups is 1. The molecule has 0 fully saturated rings. The summed E-state index contributed by atoms with van der Waals surface area (Å²) in [6.07, 6.45) is 0. The number of rotatable bonds is 4. The minimum Gasteiger partial charge on any atom is -0.476 e. The summed E-state index contributed by atoms with van der Waals surface area (Å²) in [7, 11) is 0. The number of aromatic nitrogens is 2. The molecule has 0 spiro atoms. The summed E-state index contributed by atoms with van der Waals surface area (Å²) in [4.78, 5) is 21.1. The zero-order chi connectivity index (χ0) is 14.9. The molecule has 0 aliphatic rings. The van der Waals surface area contributed by atoms with Gasteiger partial charge in [0.2, 0.25) is 0 Å². The maximum Gasteiger partial charge on any atom is 0.356 e. The molecule has 0 amide bonds. The molecule has 0 unspecified atom stereocenters. The first-order valence-electron chi connectivity index (χ1n) is 5.98. The summed E-state index contributed by atoms with van der Waals surface area (Å²) in [6.45, 7) is 3.84. The molecule has 1 aromatic carbocycles. The Labute approximate surface area is 114 Å². The van der Waals surface area contributed by atoms with E-state index in [4.69, 9.17) is 5.11 Å². The molecule has 0 bridgehead atoms. The van der Waals surface area contributed by atoms with E-state index in [1.165, 1.54) is 22.9 Å². The predicted molar refractivity (Wildman–Crippen MR) is 71.3 cm³/mol. The minimum absolute atomic E-state index is 0.0227. The van der Waals surface area contributed by atoms with Gasteiger partial charge in [0.1, 0.15) is 0 Å². The van der Waals surface area contributed by atoms with Crippen LogP contribution in [-0.2, 0) is 0 Å². The standard InChI is InChI=1S/C13H13N3O4/c1-8(2)12-7-11(13(17)18)14-15(12)9-3-5-10(6-4-9)16(19)20/h3-8H,1-2H3,(H,17,18). The number of hydrogen-bond acceptors (Lipinski definition) is 4. The molecular weight excluding hydrogens is 262 g/mol. The number of nitrogens with zero attached hydrogens (tertiary/aromatic N) is 3. The van der Waals surface area contributed by atoms with E-state index in [0.717, 1.165) is 5.69 Å². The van der Waals surface area contributed by atoms with Gasteiger partial charge in [0.15, 0.2) is 5.69 Å². The lowest BCUT2D eigenvalue weighted by Crippen LogP contribution is -2.05. The minimum atomic E-state index is -1.10. The molecule has 2 rings (SSSR count). The Kier molecular flexibility index (Phi) is 3.51. The number of nitro groups is 1. The summed E-state index contributed by atoms with van der Waals surface area (Å²) in [5.41, 5.74) is 1.25. The highest BCUT2D eigenvalue weighted by atomic mass is 16.6. The number of hydrogen-bond donors (Lipinski definition) is 1. The molecule has 0 saturated heterocycles. The third-order valence-corrected chi connectivity index (χ3v) is 2.85. The summed E-state index contributed by atoms with van der Waals surface area (Å²) in [5, 5.41) is 23.6. The van der Waals surface area contributed by atoms with Crippen LogP contribution in [0.5, 0.6) is 0 Å². The number of aromatic carboxylic acids is 1. The monoisotopic (exact) mass is 275 g/mol. The SMILES string of the molecule is CC(C)c1cc(C(=O)O)nn1-c1ccc([N+](=O)[O-])cc1. The highest BCUT2D eigenvalue weighted by molar-refractivity contribution is 5.85. The van der Waals surface area contributed by atoms with E-state index in [-0.39, 0.29) is 17.3 Å². The first kappa shape index (κ1) is 13.7. The highest BCUT2D eigenvalue weighted by Crippen LogP contribution is 2.22. The molecule has 0 saturated carbocycles. The van der Waals surface area contributed by atoms with Gasteiger partial charge >= 0.3 is 5.97 Å². The molecule has 0 aliphatic heterocycles. The van der Waals surface area contributed by atoms with Crippen molar-refractivity contribution in [3.05, 3.63) is 51.8 Å². The highest BCUT2D eigenvalue weighted by Gasteiger charge is 2.17. The van der Waals surface area contributed by atoms with Crippen molar-refractivity contribution in [2.24, 2.45) is 0 Å². The van der Waals surface area contributed by atoms with Crippen molar-refractivity contribution in [3.8, 4) is 5.69 Å². The third kappa shape index (κ3) is 2.51. The predicted octanol–water partition coefficient (Wildman–Crippen LogP) is 2.60. The second-order valence-electron chi connectivity index (χ2n) is 4.60. The lowest BCUT2D eigenvalue weighted by Gasteiger charge is -2.09. The lowest BCUT2D eigenvalue weighted by molar-refractivity contribution is -0.384. The Hall–Kier alpha value is -2.70. The van der Waals surface area contributed by atoms with Crippen LogP contribution in [0, 0.1) is 10.1 Å². The molecule has 7 heteroatoms. The number of carboxylic acids is 1. The molecule has 1 aromatic heterocycles. The molecule has 7 nitrogen and oxygen atoms in total. The second kappa shape index (κ2) is 5.12. The van der Waals surface area contributed by atoms with E-state index in [1.54, 1.807) is 12.1 Å². The molecule has 0 radical (unpaired) electrons. The Bertz CT molecular complexity index is 659. The Morgan fingerprint density at radius 1 is 1.35 bits per heavy atom. The Morgan fingerprint density at radius 2 is 1.95 bits per heavy atom. The van der Waals surface area contributed by atoms with Crippen LogP contribution in [-0.4, -0.2) is 25.8 Å². The summed E-state index contributed by atoms with van der Waals surface area (Å²) in [6, 6.07) is 7.32. The zero-order valence-corrected chi connectivity index (χ0v) is 11.0. The molecule has 1 heterocycles. The second-order valence-corrected chi connectivity index (χ2v) is 4.60. The van der Waals surface area contributed by atoms with Crippen LogP contribution in [0.1, 0.15) is 35.9 Å². The molecule has 1 N–H and O–H groups in total. The van der Waals surface area contributed by atoms with Crippen molar-refractivity contribution >= 4 is 11.7 Å². The van der Waals surface area contributed by atoms with Gasteiger partial charge in [-0.2, -0.15) is 5.10 Å². The Balaban J connectivity index is 2.50. The van der Waals surface area contributed by atoms with Gasteiger partial charge in [0, 0.05) is 17.8 Å². The molecular formula is C13H13N3O4. The van der Waals surface area contributed by atoms with Crippen molar-refractivity contribution in [2.45, 2.75) is 19.8 Å². The number of non-ortho nitro benzene ring substituents is 1. The fourth-order valence-electron chi connectivity index (χ4n) is 1.83. The molecule has 2 aromatic rings. The van der Waals surface area contributed by atoms with Crippen molar-refractivity contribution in [3.63, 3.8) is 0 Å². The molecule has 0 aliphatic carbocycles. The van der Waals surface area contributed by atoms with Crippen molar-refractivity contribution in [1.29, 1.82) is 0 Å². The van der Waals surface area contributed by atoms with Crippen molar-refractivity contribution in [2.75, 3.05) is 0 Å². The average Bonchev–Trinajstić information content (AvgIpc) is 2.84. The molecule has 0 atom stereocenters. The lowest BCUT2D eigenvalue weighted by atomic mass is 10.1. The van der Waals surface area contributed by atoms with Crippen LogP contribution in [0.4, 0.5) is 5.69 Å². The van der Waals surface area contributed by atoms with Crippen LogP contribution in [0.3, 0.4) is 0 Å². The number of nitro benzene ring substituents is 1. The number of benzene rings is 1. The normalized spacial score (nSPS) is 10.8. The first-order chi connectivity index (χ1) is 9.40. The molecule has 20 heavy (non-hydrogen) atoms. The fraction of sp³-hybridized carbons (Fsp3) is 0.231. The number of carboxylic acid groups (broad SMARTS) is 1. The first-order valence-corrected chi connectivity index (χ1v) is 5.98. The van der Waals surface area contributed by atoms with E-state index in [2.05, 4.69) is 5.10 Å². The van der Waals surface area contributed by atoms with E-state index in [9.17, 15) is 14.9 Å². The summed E-state index contributed by atoms with van der Waals surface area (Å²) < 4.78 is 1.50. The van der Waals surface area contributed by atoms with E-state index in [0.29, 0.717) is 5.69 Å². The fourth-order valence-corrected chi connectivity index (χ4v) is 1.83. The van der Waals surface area contributed by atoms with Gasteiger partial charge in [0.25, 0.3) is 5.69 Å². The van der Waals surface area contributed by atoms with Gasteiger partial charge in [-0.1, -0.05) is 13.8 Å². The summed E-state index contributed by atoms with van der Waals surface area (Å²) in [5.74, 6) is -1.03. The van der Waals surface area contributed by atoms with E-state index >= 15 is 0 Å². The van der Waals surface area contributed by atoms with Gasteiger partial charge in [-0.15, -0.1) is 0 Å². The Morgan fingerprint density at radius 3 is 2.40 bits per heavy atom. The van der Waals surface area contributed by atoms with Gasteiger partial charge in [-0.05, 0) is 24.1 Å². The van der Waals surface area contributed by atoms with Crippen LogP contribution in [0.15, 0.2) is 30.3 Å². The van der Waals surface area contributed by atoms with E-state index < -0.39 is 10.9 Å². The van der Waals surface area contributed by atoms with E-state index in [1.807, 2.05) is 13.8 Å². The van der Waals surface area contributed by atoms with Gasteiger partial charge in [-0.3, -0.25) is 10.1 Å². The van der Waals surface area contributed by atoms with Crippen LogP contribution >= 0.6 is 0 Å². The van der Waals surface area contributed by atoms with Crippen molar-refractivity contribution in [1.82, 2.24) is 9.78 Å². The third-order valence-electron chi connectivity index (χ3n) is 2.85. The zero-order valence-electron chi connectivity index (χ0n) is 11.0. The van der Waals surface area contributed by atoms with Gasteiger partial charge in [-0.25, -0.2) is 9.48 Å².